The van der Waals surface area contributed by atoms with Crippen LogP contribution in [0.15, 0.2) is 23.1 Å². The zero-order chi connectivity index (χ0) is 13.8. The van der Waals surface area contributed by atoms with Gasteiger partial charge in [0.15, 0.2) is 0 Å². The SMILES string of the molecule is CCCC(CN)NS(=O)(=O)c1cc(Cl)ccc1Cl. The van der Waals surface area contributed by atoms with Gasteiger partial charge in [0.2, 0.25) is 10.0 Å². The van der Waals surface area contributed by atoms with Crippen LogP contribution < -0.4 is 10.5 Å². The maximum atomic E-state index is 12.1. The fraction of sp³-hybridized carbons (Fsp3) is 0.455. The molecule has 0 amide bonds. The monoisotopic (exact) mass is 310 g/mol. The molecule has 1 unspecified atom stereocenters. The molecule has 1 atom stereocenters. The molecule has 7 heteroatoms. The first-order valence-electron chi connectivity index (χ1n) is 5.58. The molecule has 0 saturated heterocycles. The van der Waals surface area contributed by atoms with Crippen molar-refractivity contribution in [3.05, 3.63) is 28.2 Å². The molecule has 0 saturated carbocycles. The Morgan fingerprint density at radius 2 is 2.06 bits per heavy atom. The molecular formula is C11H16Cl2N2O2S. The first-order chi connectivity index (χ1) is 8.40. The quantitative estimate of drug-likeness (QED) is 0.847. The number of hydrogen-bond donors (Lipinski definition) is 2. The highest BCUT2D eigenvalue weighted by molar-refractivity contribution is 7.89. The summed E-state index contributed by atoms with van der Waals surface area (Å²) < 4.78 is 26.8. The van der Waals surface area contributed by atoms with Gasteiger partial charge in [-0.3, -0.25) is 0 Å². The first-order valence-corrected chi connectivity index (χ1v) is 7.82. The summed E-state index contributed by atoms with van der Waals surface area (Å²) in [7, 11) is -3.69. The molecule has 0 heterocycles. The summed E-state index contributed by atoms with van der Waals surface area (Å²) in [6.07, 6.45) is 1.52. The van der Waals surface area contributed by atoms with Gasteiger partial charge in [-0.15, -0.1) is 0 Å². The van der Waals surface area contributed by atoms with Crippen molar-refractivity contribution in [3.8, 4) is 0 Å². The summed E-state index contributed by atoms with van der Waals surface area (Å²) in [4.78, 5) is -0.0220. The number of nitrogens with one attached hydrogen (secondary N) is 1. The number of nitrogens with two attached hydrogens (primary N) is 1. The minimum atomic E-state index is -3.69. The third-order valence-electron chi connectivity index (χ3n) is 2.43. The average molecular weight is 311 g/mol. The Hall–Kier alpha value is -0.330. The van der Waals surface area contributed by atoms with Crippen molar-refractivity contribution < 1.29 is 8.42 Å². The minimum absolute atomic E-state index is 0.0220. The summed E-state index contributed by atoms with van der Waals surface area (Å²) in [6.45, 7) is 2.20. The van der Waals surface area contributed by atoms with Crippen molar-refractivity contribution in [1.29, 1.82) is 0 Å². The lowest BCUT2D eigenvalue weighted by molar-refractivity contribution is 0.527. The van der Waals surface area contributed by atoms with E-state index in [0.29, 0.717) is 11.4 Å². The summed E-state index contributed by atoms with van der Waals surface area (Å²) >= 11 is 11.7. The van der Waals surface area contributed by atoms with Crippen LogP contribution in [0.4, 0.5) is 0 Å². The number of rotatable bonds is 6. The number of sulfonamides is 1. The lowest BCUT2D eigenvalue weighted by Gasteiger charge is -2.16. The van der Waals surface area contributed by atoms with E-state index in [1.807, 2.05) is 6.92 Å². The van der Waals surface area contributed by atoms with Gasteiger partial charge in [0, 0.05) is 17.6 Å². The Balaban J connectivity index is 3.02. The fourth-order valence-corrected chi connectivity index (χ4v) is 3.59. The number of benzene rings is 1. The van der Waals surface area contributed by atoms with Crippen LogP contribution in [0.1, 0.15) is 19.8 Å². The highest BCUT2D eigenvalue weighted by Crippen LogP contribution is 2.25. The molecule has 1 aromatic rings. The second-order valence-electron chi connectivity index (χ2n) is 3.92. The van der Waals surface area contributed by atoms with Crippen LogP contribution in [0, 0.1) is 0 Å². The van der Waals surface area contributed by atoms with Crippen LogP contribution in [0.25, 0.3) is 0 Å². The van der Waals surface area contributed by atoms with E-state index in [2.05, 4.69) is 4.72 Å². The molecule has 1 aromatic carbocycles. The lowest BCUT2D eigenvalue weighted by Crippen LogP contribution is -2.40. The topological polar surface area (TPSA) is 72.2 Å². The predicted molar refractivity (Wildman–Crippen MR) is 74.5 cm³/mol. The summed E-state index contributed by atoms with van der Waals surface area (Å²) in [5.74, 6) is 0. The summed E-state index contributed by atoms with van der Waals surface area (Å²) in [6, 6.07) is 4.02. The Bertz CT molecular complexity index is 506. The zero-order valence-electron chi connectivity index (χ0n) is 9.99. The molecule has 18 heavy (non-hydrogen) atoms. The van der Waals surface area contributed by atoms with E-state index in [0.717, 1.165) is 6.42 Å². The predicted octanol–water partition coefficient (Wildman–Crippen LogP) is 2.40. The Labute approximate surface area is 118 Å². The van der Waals surface area contributed by atoms with Gasteiger partial charge in [0.25, 0.3) is 0 Å². The van der Waals surface area contributed by atoms with Crippen LogP contribution in [0.3, 0.4) is 0 Å². The van der Waals surface area contributed by atoms with Crippen molar-refractivity contribution in [2.75, 3.05) is 6.54 Å². The lowest BCUT2D eigenvalue weighted by atomic mass is 10.2. The fourth-order valence-electron chi connectivity index (χ4n) is 1.54. The molecule has 3 N–H and O–H groups in total. The maximum Gasteiger partial charge on any atom is 0.242 e. The maximum absolute atomic E-state index is 12.1. The molecule has 0 aliphatic heterocycles. The van der Waals surface area contributed by atoms with E-state index >= 15 is 0 Å². The van der Waals surface area contributed by atoms with Crippen molar-refractivity contribution in [2.24, 2.45) is 5.73 Å². The highest BCUT2D eigenvalue weighted by atomic mass is 35.5. The van der Waals surface area contributed by atoms with Crippen LogP contribution >= 0.6 is 23.2 Å². The van der Waals surface area contributed by atoms with Gasteiger partial charge in [-0.1, -0.05) is 36.5 Å². The van der Waals surface area contributed by atoms with Crippen LogP contribution in [-0.4, -0.2) is 21.0 Å². The molecule has 102 valence electrons. The molecule has 0 radical (unpaired) electrons. The summed E-state index contributed by atoms with van der Waals surface area (Å²) in [5.41, 5.74) is 5.53. The molecule has 1 rings (SSSR count). The number of hydrogen-bond acceptors (Lipinski definition) is 3. The van der Waals surface area contributed by atoms with Gasteiger partial charge < -0.3 is 5.73 Å². The van der Waals surface area contributed by atoms with Gasteiger partial charge in [0.05, 0.1) is 5.02 Å². The van der Waals surface area contributed by atoms with Gasteiger partial charge in [-0.25, -0.2) is 13.1 Å². The van der Waals surface area contributed by atoms with Crippen molar-refractivity contribution >= 4 is 33.2 Å². The van der Waals surface area contributed by atoms with E-state index < -0.39 is 10.0 Å². The smallest absolute Gasteiger partial charge is 0.242 e. The normalized spacial score (nSPS) is 13.6. The standard InChI is InChI=1S/C11H16Cl2N2O2S/c1-2-3-9(7-14)15-18(16,17)11-6-8(12)4-5-10(11)13/h4-6,9,15H,2-3,7,14H2,1H3. The molecule has 0 aromatic heterocycles. The van der Waals surface area contributed by atoms with Crippen LogP contribution in [0.2, 0.25) is 10.0 Å². The van der Waals surface area contributed by atoms with E-state index in [1.54, 1.807) is 0 Å². The second kappa shape index (κ2) is 6.73. The molecule has 0 aliphatic rings. The van der Waals surface area contributed by atoms with Crippen molar-refractivity contribution in [2.45, 2.75) is 30.7 Å². The van der Waals surface area contributed by atoms with Gasteiger partial charge in [-0.05, 0) is 24.6 Å². The van der Waals surface area contributed by atoms with Gasteiger partial charge in [0.1, 0.15) is 4.90 Å². The third kappa shape index (κ3) is 4.10. The Morgan fingerprint density at radius 3 is 2.61 bits per heavy atom. The van der Waals surface area contributed by atoms with Gasteiger partial charge >= 0.3 is 0 Å². The highest BCUT2D eigenvalue weighted by Gasteiger charge is 2.21. The minimum Gasteiger partial charge on any atom is -0.329 e. The van der Waals surface area contributed by atoms with Crippen LogP contribution in [-0.2, 0) is 10.0 Å². The Kier molecular flexibility index (Phi) is 5.88. The van der Waals surface area contributed by atoms with Crippen LogP contribution in [0.5, 0.6) is 0 Å². The Morgan fingerprint density at radius 1 is 1.39 bits per heavy atom. The van der Waals surface area contributed by atoms with Crippen molar-refractivity contribution in [3.63, 3.8) is 0 Å². The molecule has 0 bridgehead atoms. The average Bonchev–Trinajstić information content (AvgIpc) is 2.31. The molecule has 0 spiro atoms. The van der Waals surface area contributed by atoms with Crippen molar-refractivity contribution in [1.82, 2.24) is 4.72 Å². The van der Waals surface area contributed by atoms with E-state index in [9.17, 15) is 8.42 Å². The van der Waals surface area contributed by atoms with E-state index in [4.69, 9.17) is 28.9 Å². The molecule has 0 fully saturated rings. The zero-order valence-corrected chi connectivity index (χ0v) is 12.3. The molecule has 4 nitrogen and oxygen atoms in total. The third-order valence-corrected chi connectivity index (χ3v) is 4.66. The summed E-state index contributed by atoms with van der Waals surface area (Å²) in [5, 5.41) is 0.457. The van der Waals surface area contributed by atoms with Gasteiger partial charge in [-0.2, -0.15) is 0 Å². The van der Waals surface area contributed by atoms with E-state index in [1.165, 1.54) is 18.2 Å². The second-order valence-corrected chi connectivity index (χ2v) is 6.44. The molecule has 0 aliphatic carbocycles. The first kappa shape index (κ1) is 15.7. The number of halogens is 2. The largest absolute Gasteiger partial charge is 0.329 e. The molecular weight excluding hydrogens is 295 g/mol. The van der Waals surface area contributed by atoms with E-state index in [-0.39, 0.29) is 22.5 Å².